The van der Waals surface area contributed by atoms with Crippen LogP contribution in [-0.2, 0) is 11.2 Å². The molecule has 0 saturated carbocycles. The molecule has 0 aromatic heterocycles. The quantitative estimate of drug-likeness (QED) is 0.907. The van der Waals surface area contributed by atoms with Crippen LogP contribution in [0.5, 0.6) is 0 Å². The Kier molecular flexibility index (Phi) is 5.74. The summed E-state index contributed by atoms with van der Waals surface area (Å²) in [5, 5.41) is 0. The zero-order valence-electron chi connectivity index (χ0n) is 12.7. The predicted octanol–water partition coefficient (Wildman–Crippen LogP) is 2.73. The number of carbonyl (C=O) groups excluding carboxylic acids is 1. The number of likely N-dealkylation sites (tertiary alicyclic amines) is 1. The average molecular weight is 292 g/mol. The first-order valence-electron chi connectivity index (χ1n) is 7.87. The van der Waals surface area contributed by atoms with Crippen LogP contribution < -0.4 is 5.73 Å². The standard InChI is InChI=1S/C17H25FN2O/c1-13(9-10-14-6-2-3-8-16(14)18)17(21)20-11-5-4-7-15(20)12-19/h2-3,6,8,13,15H,4-5,7,9-12,19H2,1H3/t13-,15-/m1/s1. The van der Waals surface area contributed by atoms with Crippen molar-refractivity contribution in [3.63, 3.8) is 0 Å². The van der Waals surface area contributed by atoms with Gasteiger partial charge in [0.25, 0.3) is 0 Å². The molecule has 0 radical (unpaired) electrons. The van der Waals surface area contributed by atoms with Crippen LogP contribution in [-0.4, -0.2) is 29.9 Å². The van der Waals surface area contributed by atoms with Crippen molar-refractivity contribution >= 4 is 5.91 Å². The first kappa shape index (κ1) is 16.0. The van der Waals surface area contributed by atoms with Crippen LogP contribution in [0.2, 0.25) is 0 Å². The van der Waals surface area contributed by atoms with Gasteiger partial charge in [-0.2, -0.15) is 0 Å². The first-order valence-corrected chi connectivity index (χ1v) is 7.87. The number of hydrogen-bond donors (Lipinski definition) is 1. The van der Waals surface area contributed by atoms with Crippen LogP contribution in [0, 0.1) is 11.7 Å². The summed E-state index contributed by atoms with van der Waals surface area (Å²) in [4.78, 5) is 14.5. The highest BCUT2D eigenvalue weighted by atomic mass is 19.1. The summed E-state index contributed by atoms with van der Waals surface area (Å²) in [6, 6.07) is 6.96. The molecule has 1 fully saturated rings. The molecule has 2 atom stereocenters. The van der Waals surface area contributed by atoms with E-state index in [1.807, 2.05) is 17.9 Å². The SMILES string of the molecule is C[C@H](CCc1ccccc1F)C(=O)N1CCCC[C@@H]1CN. The minimum absolute atomic E-state index is 0.0863. The number of aryl methyl sites for hydroxylation is 1. The van der Waals surface area contributed by atoms with Crippen molar-refractivity contribution in [1.82, 2.24) is 4.90 Å². The maximum absolute atomic E-state index is 13.6. The van der Waals surface area contributed by atoms with E-state index in [-0.39, 0.29) is 23.7 Å². The fourth-order valence-electron chi connectivity index (χ4n) is 3.02. The highest BCUT2D eigenvalue weighted by molar-refractivity contribution is 5.79. The van der Waals surface area contributed by atoms with Crippen molar-refractivity contribution in [2.24, 2.45) is 11.7 Å². The molecule has 1 aliphatic heterocycles. The zero-order valence-corrected chi connectivity index (χ0v) is 12.7. The van der Waals surface area contributed by atoms with Gasteiger partial charge in [0.05, 0.1) is 0 Å². The third-order valence-electron chi connectivity index (χ3n) is 4.41. The van der Waals surface area contributed by atoms with Gasteiger partial charge in [0.15, 0.2) is 0 Å². The van der Waals surface area contributed by atoms with E-state index >= 15 is 0 Å². The highest BCUT2D eigenvalue weighted by Gasteiger charge is 2.28. The number of carbonyl (C=O) groups is 1. The molecule has 3 nitrogen and oxygen atoms in total. The monoisotopic (exact) mass is 292 g/mol. The van der Waals surface area contributed by atoms with Gasteiger partial charge in [0, 0.05) is 25.0 Å². The van der Waals surface area contributed by atoms with Crippen molar-refractivity contribution in [2.45, 2.75) is 45.1 Å². The van der Waals surface area contributed by atoms with Crippen molar-refractivity contribution in [1.29, 1.82) is 0 Å². The number of piperidine rings is 1. The Morgan fingerprint density at radius 2 is 2.19 bits per heavy atom. The van der Waals surface area contributed by atoms with E-state index in [9.17, 15) is 9.18 Å². The molecular weight excluding hydrogens is 267 g/mol. The molecule has 21 heavy (non-hydrogen) atoms. The van der Waals surface area contributed by atoms with Crippen LogP contribution in [0.15, 0.2) is 24.3 Å². The fraction of sp³-hybridized carbons (Fsp3) is 0.588. The summed E-state index contributed by atoms with van der Waals surface area (Å²) in [6.07, 6.45) is 4.48. The molecule has 2 rings (SSSR count). The molecule has 0 aliphatic carbocycles. The van der Waals surface area contributed by atoms with E-state index in [1.54, 1.807) is 12.1 Å². The average Bonchev–Trinajstić information content (AvgIpc) is 2.53. The maximum Gasteiger partial charge on any atom is 0.225 e. The third-order valence-corrected chi connectivity index (χ3v) is 4.41. The molecule has 0 unspecified atom stereocenters. The van der Waals surface area contributed by atoms with Crippen LogP contribution in [0.1, 0.15) is 38.2 Å². The van der Waals surface area contributed by atoms with Crippen molar-refractivity contribution in [3.05, 3.63) is 35.6 Å². The predicted molar refractivity (Wildman–Crippen MR) is 82.3 cm³/mol. The molecule has 1 heterocycles. The van der Waals surface area contributed by atoms with E-state index in [0.29, 0.717) is 24.9 Å². The molecule has 4 heteroatoms. The Morgan fingerprint density at radius 3 is 2.90 bits per heavy atom. The third kappa shape index (κ3) is 4.03. The Labute approximate surface area is 126 Å². The molecule has 0 bridgehead atoms. The summed E-state index contributed by atoms with van der Waals surface area (Å²) >= 11 is 0. The molecule has 1 aliphatic rings. The van der Waals surface area contributed by atoms with Crippen LogP contribution in [0.25, 0.3) is 0 Å². The lowest BCUT2D eigenvalue weighted by molar-refractivity contribution is -0.138. The van der Waals surface area contributed by atoms with E-state index in [0.717, 1.165) is 25.8 Å². The number of amides is 1. The van der Waals surface area contributed by atoms with E-state index in [2.05, 4.69) is 0 Å². The number of halogens is 1. The number of rotatable bonds is 5. The molecule has 116 valence electrons. The van der Waals surface area contributed by atoms with Gasteiger partial charge in [-0.1, -0.05) is 25.1 Å². The van der Waals surface area contributed by atoms with E-state index in [1.165, 1.54) is 6.07 Å². The van der Waals surface area contributed by atoms with E-state index in [4.69, 9.17) is 5.73 Å². The lowest BCUT2D eigenvalue weighted by Gasteiger charge is -2.36. The van der Waals surface area contributed by atoms with Crippen LogP contribution in [0.3, 0.4) is 0 Å². The molecular formula is C17H25FN2O. The van der Waals surface area contributed by atoms with E-state index < -0.39 is 0 Å². The fourth-order valence-corrected chi connectivity index (χ4v) is 3.02. The first-order chi connectivity index (χ1) is 10.1. The molecule has 1 amide bonds. The minimum Gasteiger partial charge on any atom is -0.338 e. The lowest BCUT2D eigenvalue weighted by atomic mass is 9.96. The Morgan fingerprint density at radius 1 is 1.43 bits per heavy atom. The summed E-state index contributed by atoms with van der Waals surface area (Å²) < 4.78 is 13.6. The minimum atomic E-state index is -0.185. The second-order valence-corrected chi connectivity index (χ2v) is 5.95. The summed E-state index contributed by atoms with van der Waals surface area (Å²) in [5.74, 6) is -0.104. The van der Waals surface area contributed by atoms with Gasteiger partial charge in [0.2, 0.25) is 5.91 Å². The van der Waals surface area contributed by atoms with Gasteiger partial charge in [-0.3, -0.25) is 4.79 Å². The molecule has 0 spiro atoms. The Hall–Kier alpha value is -1.42. The zero-order chi connectivity index (χ0) is 15.2. The smallest absolute Gasteiger partial charge is 0.225 e. The molecule has 1 saturated heterocycles. The number of nitrogens with two attached hydrogens (primary N) is 1. The van der Waals surface area contributed by atoms with Gasteiger partial charge in [-0.05, 0) is 43.7 Å². The maximum atomic E-state index is 13.6. The Balaban J connectivity index is 1.91. The number of nitrogens with zero attached hydrogens (tertiary/aromatic N) is 1. The van der Waals surface area contributed by atoms with Crippen LogP contribution in [0.4, 0.5) is 4.39 Å². The van der Waals surface area contributed by atoms with Gasteiger partial charge in [0.1, 0.15) is 5.82 Å². The highest BCUT2D eigenvalue weighted by Crippen LogP contribution is 2.21. The molecule has 2 N–H and O–H groups in total. The normalized spacial score (nSPS) is 20.3. The second kappa shape index (κ2) is 7.55. The lowest BCUT2D eigenvalue weighted by Crippen LogP contribution is -2.49. The topological polar surface area (TPSA) is 46.3 Å². The number of hydrogen-bond acceptors (Lipinski definition) is 2. The van der Waals surface area contributed by atoms with Crippen LogP contribution >= 0.6 is 0 Å². The molecule has 1 aromatic rings. The summed E-state index contributed by atoms with van der Waals surface area (Å²) in [6.45, 7) is 3.28. The van der Waals surface area contributed by atoms with Gasteiger partial charge in [-0.15, -0.1) is 0 Å². The van der Waals surface area contributed by atoms with Crippen molar-refractivity contribution in [3.8, 4) is 0 Å². The number of benzene rings is 1. The van der Waals surface area contributed by atoms with Gasteiger partial charge < -0.3 is 10.6 Å². The Bertz CT molecular complexity index is 478. The van der Waals surface area contributed by atoms with Gasteiger partial charge >= 0.3 is 0 Å². The largest absolute Gasteiger partial charge is 0.338 e. The van der Waals surface area contributed by atoms with Gasteiger partial charge in [-0.25, -0.2) is 4.39 Å². The summed E-state index contributed by atoms with van der Waals surface area (Å²) in [5.41, 5.74) is 6.46. The molecule has 1 aromatic carbocycles. The van der Waals surface area contributed by atoms with Crippen molar-refractivity contribution < 1.29 is 9.18 Å². The van der Waals surface area contributed by atoms with Crippen molar-refractivity contribution in [2.75, 3.05) is 13.1 Å². The summed E-state index contributed by atoms with van der Waals surface area (Å²) in [7, 11) is 0. The second-order valence-electron chi connectivity index (χ2n) is 5.95.